The summed E-state index contributed by atoms with van der Waals surface area (Å²) in [7, 11) is 1.81. The Labute approximate surface area is 179 Å². The van der Waals surface area contributed by atoms with Crippen LogP contribution >= 0.6 is 7.75 Å². The molecule has 1 saturated heterocycles. The van der Waals surface area contributed by atoms with Crippen LogP contribution in [-0.2, 0) is 20.0 Å². The molecule has 9 heteroatoms. The number of hydrogen-bond acceptors (Lipinski definition) is 5. The van der Waals surface area contributed by atoms with E-state index in [2.05, 4.69) is 4.90 Å². The molecule has 1 aliphatic rings. The number of nitrogens with zero attached hydrogens (tertiary/aromatic N) is 2. The van der Waals surface area contributed by atoms with E-state index >= 15 is 0 Å². The van der Waals surface area contributed by atoms with Crippen LogP contribution in [0.15, 0.2) is 42.6 Å². The van der Waals surface area contributed by atoms with Crippen molar-refractivity contribution in [1.82, 2.24) is 9.24 Å². The molecule has 2 aromatic carbocycles. The van der Waals surface area contributed by atoms with Crippen molar-refractivity contribution < 1.29 is 27.1 Å². The highest BCUT2D eigenvalue weighted by Gasteiger charge is 2.38. The van der Waals surface area contributed by atoms with Gasteiger partial charge in [0, 0.05) is 24.5 Å². The highest BCUT2D eigenvalue weighted by Crippen LogP contribution is 2.58. The first-order chi connectivity index (χ1) is 14.8. The number of halogens is 2. The summed E-state index contributed by atoms with van der Waals surface area (Å²) in [5, 5.41) is 0.901. The molecule has 0 aliphatic carbocycles. The minimum absolute atomic E-state index is 0.170. The fourth-order valence-corrected chi connectivity index (χ4v) is 5.59. The maximum atomic E-state index is 13.8. The number of rotatable bonds is 6. The van der Waals surface area contributed by atoms with Gasteiger partial charge in [-0.05, 0) is 62.0 Å². The molecule has 166 valence electrons. The monoisotopic (exact) mass is 450 g/mol. The Morgan fingerprint density at radius 3 is 2.71 bits per heavy atom. The Bertz CT molecular complexity index is 1150. The third kappa shape index (κ3) is 4.39. The summed E-state index contributed by atoms with van der Waals surface area (Å²) >= 11 is 0. The van der Waals surface area contributed by atoms with Crippen molar-refractivity contribution in [2.75, 3.05) is 34.4 Å². The van der Waals surface area contributed by atoms with Gasteiger partial charge in [0.2, 0.25) is 0 Å². The van der Waals surface area contributed by atoms with Crippen LogP contribution in [-0.4, -0.2) is 43.6 Å². The van der Waals surface area contributed by atoms with E-state index in [1.165, 1.54) is 6.07 Å². The summed E-state index contributed by atoms with van der Waals surface area (Å²) in [5.74, 6) is -1.21. The average Bonchev–Trinajstić information content (AvgIpc) is 3.13. The van der Waals surface area contributed by atoms with Gasteiger partial charge in [0.1, 0.15) is 5.75 Å². The molecule has 0 spiro atoms. The second-order valence-electron chi connectivity index (χ2n) is 7.79. The molecule has 3 aromatic rings. The molecule has 4 rings (SSSR count). The fourth-order valence-electron chi connectivity index (χ4n) is 3.70. The Balaban J connectivity index is 1.73. The standard InChI is InChI=1S/C22H25F2N2O4P/c1-25(2)10-8-16-14-26(21-7-5-17(28-3)13-18(16)21)31(27)29-11-9-22(30-31)15-4-6-19(23)20(24)12-15/h4-7,12-14,22H,8-11H2,1-3H3. The van der Waals surface area contributed by atoms with E-state index in [4.69, 9.17) is 13.8 Å². The molecular weight excluding hydrogens is 425 g/mol. The number of fused-ring (bicyclic) bond motifs is 1. The Morgan fingerprint density at radius 1 is 1.19 bits per heavy atom. The first-order valence-corrected chi connectivity index (χ1v) is 11.5. The van der Waals surface area contributed by atoms with Gasteiger partial charge in [0.25, 0.3) is 0 Å². The minimum atomic E-state index is -3.76. The van der Waals surface area contributed by atoms with E-state index in [1.807, 2.05) is 26.2 Å². The molecule has 31 heavy (non-hydrogen) atoms. The number of methoxy groups -OCH3 is 1. The van der Waals surface area contributed by atoms with Crippen LogP contribution in [0.25, 0.3) is 10.9 Å². The third-order valence-corrected chi connectivity index (χ3v) is 7.27. The quantitative estimate of drug-likeness (QED) is 0.485. The summed E-state index contributed by atoms with van der Waals surface area (Å²) in [6, 6.07) is 9.08. The first kappa shape index (κ1) is 22.0. The zero-order valence-electron chi connectivity index (χ0n) is 17.7. The molecular formula is C22H25F2N2O4P. The zero-order chi connectivity index (χ0) is 22.2. The van der Waals surface area contributed by atoms with Gasteiger partial charge >= 0.3 is 7.75 Å². The van der Waals surface area contributed by atoms with E-state index in [-0.39, 0.29) is 6.61 Å². The third-order valence-electron chi connectivity index (χ3n) is 5.38. The van der Waals surface area contributed by atoms with Crippen molar-refractivity contribution >= 4 is 18.6 Å². The lowest BCUT2D eigenvalue weighted by Gasteiger charge is -2.30. The summed E-state index contributed by atoms with van der Waals surface area (Å²) < 4.78 is 59.3. The van der Waals surface area contributed by atoms with Crippen molar-refractivity contribution in [2.45, 2.75) is 18.9 Å². The summed E-state index contributed by atoms with van der Waals surface area (Å²) in [6.45, 7) is 0.976. The minimum Gasteiger partial charge on any atom is -0.497 e. The van der Waals surface area contributed by atoms with Crippen molar-refractivity contribution in [3.63, 3.8) is 0 Å². The topological polar surface area (TPSA) is 52.9 Å². The number of aromatic nitrogens is 1. The number of hydrogen-bond donors (Lipinski definition) is 0. The average molecular weight is 450 g/mol. The smallest absolute Gasteiger partial charge is 0.439 e. The number of likely N-dealkylation sites (N-methyl/N-ethyl adjacent to an activating group) is 1. The molecule has 2 unspecified atom stereocenters. The van der Waals surface area contributed by atoms with Crippen LogP contribution < -0.4 is 4.74 Å². The Morgan fingerprint density at radius 2 is 2.00 bits per heavy atom. The second kappa shape index (κ2) is 8.71. The van der Waals surface area contributed by atoms with Gasteiger partial charge in [-0.2, -0.15) is 0 Å². The van der Waals surface area contributed by atoms with Crippen LogP contribution in [0.3, 0.4) is 0 Å². The highest BCUT2D eigenvalue weighted by molar-refractivity contribution is 7.52. The lowest BCUT2D eigenvalue weighted by atomic mass is 10.1. The normalized spacial score (nSPS) is 21.7. The summed E-state index contributed by atoms with van der Waals surface area (Å²) in [5.41, 5.74) is 2.11. The molecule has 0 radical (unpaired) electrons. The van der Waals surface area contributed by atoms with Gasteiger partial charge in [-0.25, -0.2) is 13.3 Å². The number of benzene rings is 2. The van der Waals surface area contributed by atoms with Crippen molar-refractivity contribution in [1.29, 1.82) is 0 Å². The van der Waals surface area contributed by atoms with Crippen LogP contribution in [0.1, 0.15) is 23.7 Å². The predicted octanol–water partition coefficient (Wildman–Crippen LogP) is 5.17. The van der Waals surface area contributed by atoms with Gasteiger partial charge < -0.3 is 9.64 Å². The van der Waals surface area contributed by atoms with Gasteiger partial charge in [0.05, 0.1) is 25.3 Å². The summed E-state index contributed by atoms with van der Waals surface area (Å²) in [4.78, 5) is 2.07. The van der Waals surface area contributed by atoms with Gasteiger partial charge in [-0.15, -0.1) is 0 Å². The van der Waals surface area contributed by atoms with Gasteiger partial charge in [-0.1, -0.05) is 6.07 Å². The maximum Gasteiger partial charge on any atom is 0.439 e. The SMILES string of the molecule is COc1ccc2c(c1)c(CCN(C)C)cn2P1(=O)OCCC(c2ccc(F)c(F)c2)O1. The number of ether oxygens (including phenoxy) is 1. The van der Waals surface area contributed by atoms with Crippen LogP contribution in [0.4, 0.5) is 8.78 Å². The van der Waals surface area contributed by atoms with E-state index < -0.39 is 25.5 Å². The lowest BCUT2D eigenvalue weighted by Crippen LogP contribution is -2.17. The molecule has 0 amide bonds. The lowest BCUT2D eigenvalue weighted by molar-refractivity contribution is 0.0769. The molecule has 0 saturated carbocycles. The molecule has 6 nitrogen and oxygen atoms in total. The van der Waals surface area contributed by atoms with Gasteiger partial charge in [-0.3, -0.25) is 13.4 Å². The Hall–Kier alpha value is -2.25. The fraction of sp³-hybridized carbons (Fsp3) is 0.364. The summed E-state index contributed by atoms with van der Waals surface area (Å²) in [6.07, 6.45) is 2.24. The van der Waals surface area contributed by atoms with E-state index in [0.717, 1.165) is 36.0 Å². The van der Waals surface area contributed by atoms with Crippen LogP contribution in [0.2, 0.25) is 0 Å². The van der Waals surface area contributed by atoms with Gasteiger partial charge in [0.15, 0.2) is 11.6 Å². The highest BCUT2D eigenvalue weighted by atomic mass is 31.2. The van der Waals surface area contributed by atoms with Crippen LogP contribution in [0.5, 0.6) is 5.75 Å². The molecule has 2 atom stereocenters. The second-order valence-corrected chi connectivity index (χ2v) is 9.63. The molecule has 2 heterocycles. The zero-order valence-corrected chi connectivity index (χ0v) is 18.6. The van der Waals surface area contributed by atoms with Crippen molar-refractivity contribution in [3.8, 4) is 5.75 Å². The molecule has 0 N–H and O–H groups in total. The maximum absolute atomic E-state index is 13.8. The van der Waals surface area contributed by atoms with Crippen molar-refractivity contribution in [2.24, 2.45) is 0 Å². The predicted molar refractivity (Wildman–Crippen MR) is 115 cm³/mol. The molecule has 1 aliphatic heterocycles. The molecule has 1 fully saturated rings. The Kier molecular flexibility index (Phi) is 6.17. The molecule has 1 aromatic heterocycles. The molecule has 0 bridgehead atoms. The van der Waals surface area contributed by atoms with E-state index in [1.54, 1.807) is 23.7 Å². The first-order valence-electron chi connectivity index (χ1n) is 10.0. The van der Waals surface area contributed by atoms with E-state index in [9.17, 15) is 13.3 Å². The largest absolute Gasteiger partial charge is 0.497 e. The van der Waals surface area contributed by atoms with Crippen molar-refractivity contribution in [3.05, 3.63) is 65.4 Å². The van der Waals surface area contributed by atoms with Crippen LogP contribution in [0, 0.1) is 11.6 Å². The van der Waals surface area contributed by atoms with E-state index in [0.29, 0.717) is 23.3 Å².